The molecule has 0 radical (unpaired) electrons. The van der Waals surface area contributed by atoms with E-state index in [0.717, 1.165) is 38.2 Å². The van der Waals surface area contributed by atoms with Crippen molar-refractivity contribution < 1.29 is 4.79 Å². The van der Waals surface area contributed by atoms with Crippen LogP contribution in [-0.2, 0) is 0 Å². The van der Waals surface area contributed by atoms with E-state index in [2.05, 4.69) is 47.1 Å². The number of carbonyl (C=O) groups excluding carboxylic acids is 1. The summed E-state index contributed by atoms with van der Waals surface area (Å²) >= 11 is 0. The highest BCUT2D eigenvalue weighted by molar-refractivity contribution is 5.93. The number of carbonyl (C=O) groups is 1. The van der Waals surface area contributed by atoms with Crippen molar-refractivity contribution in [2.24, 2.45) is 5.92 Å². The normalized spacial score (nSPS) is 28.3. The number of allylic oxidation sites excluding steroid dienone is 1. The van der Waals surface area contributed by atoms with E-state index < -0.39 is 0 Å². The van der Waals surface area contributed by atoms with Crippen LogP contribution in [0.3, 0.4) is 0 Å². The highest BCUT2D eigenvalue weighted by Crippen LogP contribution is 2.34. The van der Waals surface area contributed by atoms with Gasteiger partial charge in [-0.05, 0) is 62.4 Å². The molecule has 2 heterocycles. The Bertz CT molecular complexity index is 606. The first-order chi connectivity index (χ1) is 11.3. The van der Waals surface area contributed by atoms with Gasteiger partial charge in [0.1, 0.15) is 0 Å². The number of hydrogen-bond acceptors (Lipinski definition) is 2. The number of amides is 2. The number of piperidine rings is 1. The first kappa shape index (κ1) is 14.8. The van der Waals surface area contributed by atoms with Crippen molar-refractivity contribution in [3.63, 3.8) is 0 Å². The Morgan fingerprint density at radius 2 is 1.91 bits per heavy atom. The van der Waals surface area contributed by atoms with E-state index in [1.165, 1.54) is 18.4 Å². The molecule has 2 aliphatic heterocycles. The Morgan fingerprint density at radius 3 is 2.78 bits per heavy atom. The van der Waals surface area contributed by atoms with Crippen LogP contribution in [0, 0.1) is 5.92 Å². The fourth-order valence-electron chi connectivity index (χ4n) is 4.24. The molecule has 0 spiro atoms. The number of benzene rings is 1. The van der Waals surface area contributed by atoms with Crippen LogP contribution in [0.1, 0.15) is 37.2 Å². The molecule has 1 aromatic rings. The molecule has 2 N–H and O–H groups in total. The molecule has 2 fully saturated rings. The van der Waals surface area contributed by atoms with Gasteiger partial charge in [-0.25, -0.2) is 4.79 Å². The number of anilines is 1. The van der Waals surface area contributed by atoms with Crippen LogP contribution in [0.15, 0.2) is 36.4 Å². The van der Waals surface area contributed by atoms with Gasteiger partial charge in [-0.3, -0.25) is 4.90 Å². The molecule has 0 unspecified atom stereocenters. The molecule has 23 heavy (non-hydrogen) atoms. The van der Waals surface area contributed by atoms with Crippen molar-refractivity contribution in [2.75, 3.05) is 24.5 Å². The van der Waals surface area contributed by atoms with E-state index in [1.54, 1.807) is 0 Å². The maximum Gasteiger partial charge on any atom is 0.322 e. The van der Waals surface area contributed by atoms with Crippen LogP contribution < -0.4 is 15.5 Å². The number of nitrogens with zero attached hydrogens (tertiary/aromatic N) is 1. The van der Waals surface area contributed by atoms with Crippen LogP contribution in [0.2, 0.25) is 0 Å². The molecule has 4 rings (SSSR count). The average molecular weight is 311 g/mol. The summed E-state index contributed by atoms with van der Waals surface area (Å²) in [5, 5.41) is 6.50. The summed E-state index contributed by atoms with van der Waals surface area (Å²) in [5.74, 6) is 1.14. The van der Waals surface area contributed by atoms with E-state index in [0.29, 0.717) is 17.9 Å². The van der Waals surface area contributed by atoms with Crippen molar-refractivity contribution in [1.82, 2.24) is 10.6 Å². The summed E-state index contributed by atoms with van der Waals surface area (Å²) in [7, 11) is 0. The lowest BCUT2D eigenvalue weighted by atomic mass is 9.85. The topological polar surface area (TPSA) is 44.4 Å². The first-order valence-corrected chi connectivity index (χ1v) is 8.85. The molecule has 2 atom stereocenters. The number of fused-ring (bicyclic) bond motifs is 1. The molecule has 0 saturated carbocycles. The second-order valence-electron chi connectivity index (χ2n) is 6.95. The van der Waals surface area contributed by atoms with Gasteiger partial charge in [-0.1, -0.05) is 24.3 Å². The summed E-state index contributed by atoms with van der Waals surface area (Å²) in [6.45, 7) is 2.99. The predicted molar refractivity (Wildman–Crippen MR) is 92.8 cm³/mol. The van der Waals surface area contributed by atoms with Crippen LogP contribution in [0.4, 0.5) is 10.5 Å². The van der Waals surface area contributed by atoms with E-state index in [1.807, 2.05) is 4.90 Å². The van der Waals surface area contributed by atoms with E-state index in [9.17, 15) is 4.79 Å². The molecule has 4 nitrogen and oxygen atoms in total. The molecule has 1 aliphatic carbocycles. The Hall–Kier alpha value is -1.81. The van der Waals surface area contributed by atoms with Gasteiger partial charge in [0.15, 0.2) is 0 Å². The van der Waals surface area contributed by atoms with Gasteiger partial charge in [0.05, 0.1) is 0 Å². The minimum atomic E-state index is 0.0593. The maximum atomic E-state index is 12.5. The van der Waals surface area contributed by atoms with Gasteiger partial charge >= 0.3 is 6.03 Å². The summed E-state index contributed by atoms with van der Waals surface area (Å²) < 4.78 is 0. The third kappa shape index (κ3) is 2.88. The molecule has 2 saturated heterocycles. The van der Waals surface area contributed by atoms with Gasteiger partial charge in [-0.2, -0.15) is 0 Å². The monoisotopic (exact) mass is 311 g/mol. The quantitative estimate of drug-likeness (QED) is 0.825. The van der Waals surface area contributed by atoms with Gasteiger partial charge in [0.2, 0.25) is 0 Å². The second kappa shape index (κ2) is 6.36. The first-order valence-electron chi connectivity index (χ1n) is 8.85. The number of rotatable bonds is 2. The van der Waals surface area contributed by atoms with Crippen LogP contribution in [0.25, 0.3) is 0 Å². The second-order valence-corrected chi connectivity index (χ2v) is 6.95. The van der Waals surface area contributed by atoms with Gasteiger partial charge in [-0.15, -0.1) is 0 Å². The average Bonchev–Trinajstić information content (AvgIpc) is 2.62. The third-order valence-electron chi connectivity index (χ3n) is 5.55. The van der Waals surface area contributed by atoms with E-state index in [-0.39, 0.29) is 6.03 Å². The van der Waals surface area contributed by atoms with Gasteiger partial charge in [0, 0.05) is 24.2 Å². The summed E-state index contributed by atoms with van der Waals surface area (Å²) in [6.07, 6.45) is 8.88. The van der Waals surface area contributed by atoms with Crippen LogP contribution in [0.5, 0.6) is 0 Å². The zero-order valence-electron chi connectivity index (χ0n) is 13.5. The molecule has 1 aromatic carbocycles. The Kier molecular flexibility index (Phi) is 4.08. The maximum absolute atomic E-state index is 12.5. The van der Waals surface area contributed by atoms with Crippen molar-refractivity contribution >= 4 is 11.7 Å². The van der Waals surface area contributed by atoms with Crippen molar-refractivity contribution in [3.05, 3.63) is 42.0 Å². The van der Waals surface area contributed by atoms with Crippen molar-refractivity contribution in [2.45, 2.75) is 37.6 Å². The predicted octanol–water partition coefficient (Wildman–Crippen LogP) is 3.02. The Morgan fingerprint density at radius 1 is 1.09 bits per heavy atom. The molecular weight excluding hydrogens is 286 g/mol. The van der Waals surface area contributed by atoms with Crippen LogP contribution >= 0.6 is 0 Å². The van der Waals surface area contributed by atoms with Crippen molar-refractivity contribution in [1.29, 1.82) is 0 Å². The molecular formula is C19H25N3O. The Balaban J connectivity index is 1.62. The van der Waals surface area contributed by atoms with E-state index >= 15 is 0 Å². The third-order valence-corrected chi connectivity index (χ3v) is 5.55. The lowest BCUT2D eigenvalue weighted by Crippen LogP contribution is -2.58. The summed E-state index contributed by atoms with van der Waals surface area (Å²) in [4.78, 5) is 14.5. The zero-order valence-corrected chi connectivity index (χ0v) is 13.5. The number of nitrogens with one attached hydrogen (secondary N) is 2. The molecule has 3 aliphatic rings. The van der Waals surface area contributed by atoms with Gasteiger partial charge in [0.25, 0.3) is 0 Å². The highest BCUT2D eigenvalue weighted by atomic mass is 16.2. The van der Waals surface area contributed by atoms with Crippen LogP contribution in [-0.4, -0.2) is 31.7 Å². The molecule has 2 amide bonds. The standard InChI is InChI=1S/C19H25N3O/c23-19-21-13-16-4-1-2-7-18(16)22(19)17-6-3-5-15(12-17)14-8-10-20-11-9-14/h1-3,5-6,12,14,16,18,20H,4,7-11,13H2,(H,21,23)/t16-,18-/m0/s1. The summed E-state index contributed by atoms with van der Waals surface area (Å²) in [6, 6.07) is 9.03. The number of urea groups is 1. The van der Waals surface area contributed by atoms with Crippen molar-refractivity contribution in [3.8, 4) is 0 Å². The molecule has 4 heteroatoms. The fourth-order valence-corrected chi connectivity index (χ4v) is 4.24. The van der Waals surface area contributed by atoms with E-state index in [4.69, 9.17) is 0 Å². The Labute approximate surface area is 137 Å². The highest BCUT2D eigenvalue weighted by Gasteiger charge is 2.36. The minimum Gasteiger partial charge on any atom is -0.337 e. The fraction of sp³-hybridized carbons (Fsp3) is 0.526. The molecule has 122 valence electrons. The minimum absolute atomic E-state index is 0.0593. The number of hydrogen-bond donors (Lipinski definition) is 2. The molecule has 0 aromatic heterocycles. The largest absolute Gasteiger partial charge is 0.337 e. The van der Waals surface area contributed by atoms with Gasteiger partial charge < -0.3 is 10.6 Å². The lowest BCUT2D eigenvalue weighted by molar-refractivity contribution is 0.225. The SMILES string of the molecule is O=C1NC[C@@H]2CC=CC[C@@H]2N1c1cccc(C2CCNCC2)c1. The zero-order chi connectivity index (χ0) is 15.6. The smallest absolute Gasteiger partial charge is 0.322 e. The molecule has 0 bridgehead atoms. The summed E-state index contributed by atoms with van der Waals surface area (Å²) in [5.41, 5.74) is 2.44. The lowest BCUT2D eigenvalue weighted by Gasteiger charge is -2.42.